The second kappa shape index (κ2) is 7.78. The molecule has 130 valence electrons. The van der Waals surface area contributed by atoms with Crippen LogP contribution in [0.4, 0.5) is 13.2 Å². The minimum atomic E-state index is -4.44. The Bertz CT molecular complexity index is 915. The summed E-state index contributed by atoms with van der Waals surface area (Å²) in [4.78, 5) is 7.92. The van der Waals surface area contributed by atoms with E-state index >= 15 is 0 Å². The first-order valence-electron chi connectivity index (χ1n) is 7.90. The van der Waals surface area contributed by atoms with E-state index in [2.05, 4.69) is 9.97 Å². The molecule has 0 saturated carbocycles. The number of alkyl halides is 3. The molecule has 2 aromatic heterocycles. The van der Waals surface area contributed by atoms with Crippen molar-refractivity contribution in [1.29, 1.82) is 0 Å². The summed E-state index contributed by atoms with van der Waals surface area (Å²) < 4.78 is 40.3. The van der Waals surface area contributed by atoms with Crippen molar-refractivity contribution < 1.29 is 13.2 Å². The zero-order valence-corrected chi connectivity index (χ0v) is 13.7. The van der Waals surface area contributed by atoms with Crippen molar-refractivity contribution in [3.05, 3.63) is 95.1 Å². The number of benzene rings is 1. The molecule has 0 unspecified atom stereocenters. The molecule has 0 spiro atoms. The molecule has 3 rings (SSSR count). The molecule has 0 aliphatic heterocycles. The van der Waals surface area contributed by atoms with Gasteiger partial charge in [-0.25, -0.2) is 0 Å². The van der Waals surface area contributed by atoms with Gasteiger partial charge < -0.3 is 0 Å². The van der Waals surface area contributed by atoms with E-state index in [1.165, 1.54) is 12.1 Å². The van der Waals surface area contributed by atoms with E-state index in [0.29, 0.717) is 5.56 Å². The van der Waals surface area contributed by atoms with Crippen LogP contribution < -0.4 is 0 Å². The normalized spacial score (nSPS) is 12.1. The van der Waals surface area contributed by atoms with Gasteiger partial charge in [-0.2, -0.15) is 13.2 Å². The van der Waals surface area contributed by atoms with Crippen LogP contribution in [0.15, 0.2) is 67.3 Å². The van der Waals surface area contributed by atoms with Crippen LogP contribution >= 0.6 is 0 Å². The lowest BCUT2D eigenvalue weighted by molar-refractivity contribution is -0.137. The van der Waals surface area contributed by atoms with E-state index < -0.39 is 11.7 Å². The molecule has 0 radical (unpaired) electrons. The van der Waals surface area contributed by atoms with Crippen LogP contribution in [0.5, 0.6) is 0 Å². The molecule has 0 atom stereocenters. The summed E-state index contributed by atoms with van der Waals surface area (Å²) in [5.74, 6) is 0. The first kappa shape index (κ1) is 17.6. The van der Waals surface area contributed by atoms with Gasteiger partial charge in [-0.3, -0.25) is 9.97 Å². The molecule has 0 amide bonds. The van der Waals surface area contributed by atoms with Gasteiger partial charge in [0.2, 0.25) is 0 Å². The smallest absolute Gasteiger partial charge is 0.264 e. The van der Waals surface area contributed by atoms with Crippen molar-refractivity contribution in [1.82, 2.24) is 9.97 Å². The molecule has 0 bridgehead atoms. The van der Waals surface area contributed by atoms with Gasteiger partial charge in [-0.05, 0) is 40.5 Å². The molecule has 0 aliphatic carbocycles. The number of pyridine rings is 2. The molecule has 0 aliphatic rings. The van der Waals surface area contributed by atoms with Gasteiger partial charge in [0.15, 0.2) is 0 Å². The third kappa shape index (κ3) is 4.66. The van der Waals surface area contributed by atoms with Crippen molar-refractivity contribution >= 4 is 24.3 Å². The fourth-order valence-corrected chi connectivity index (χ4v) is 2.40. The summed E-state index contributed by atoms with van der Waals surface area (Å²) >= 11 is 0. The van der Waals surface area contributed by atoms with Crippen LogP contribution in [0.1, 0.15) is 27.8 Å². The quantitative estimate of drug-likeness (QED) is 0.590. The molecule has 0 N–H and O–H groups in total. The number of nitrogens with zero attached hydrogens (tertiary/aromatic N) is 2. The van der Waals surface area contributed by atoms with Gasteiger partial charge in [0.25, 0.3) is 0 Å². The number of rotatable bonds is 4. The Kier molecular flexibility index (Phi) is 5.27. The van der Waals surface area contributed by atoms with E-state index in [9.17, 15) is 13.2 Å². The van der Waals surface area contributed by atoms with E-state index in [1.54, 1.807) is 67.3 Å². The second-order valence-corrected chi connectivity index (χ2v) is 5.58. The first-order valence-corrected chi connectivity index (χ1v) is 7.90. The van der Waals surface area contributed by atoms with Crippen molar-refractivity contribution in [2.75, 3.05) is 0 Å². The highest BCUT2D eigenvalue weighted by Crippen LogP contribution is 2.34. The molecule has 0 saturated heterocycles. The predicted octanol–water partition coefficient (Wildman–Crippen LogP) is 5.84. The maximum Gasteiger partial charge on any atom is 0.417 e. The highest BCUT2D eigenvalue weighted by Gasteiger charge is 2.32. The van der Waals surface area contributed by atoms with E-state index in [0.717, 1.165) is 17.2 Å². The average molecular weight is 352 g/mol. The molecule has 26 heavy (non-hydrogen) atoms. The lowest BCUT2D eigenvalue weighted by Gasteiger charge is -2.11. The van der Waals surface area contributed by atoms with Crippen molar-refractivity contribution in [2.45, 2.75) is 6.18 Å². The summed E-state index contributed by atoms with van der Waals surface area (Å²) in [7, 11) is 0. The Morgan fingerprint density at radius 1 is 0.692 bits per heavy atom. The molecule has 2 heterocycles. The molecule has 1 aromatic carbocycles. The standard InChI is InChI=1S/C21H15F3N2/c22-21(23,24)20-13-16(5-6-17-3-1-11-25-14-17)7-9-19(20)10-8-18-4-2-12-26-15-18/h1-15H/b6-5+,10-8+. The molecule has 3 aromatic rings. The minimum Gasteiger partial charge on any atom is -0.264 e. The van der Waals surface area contributed by atoms with Crippen LogP contribution in [0.3, 0.4) is 0 Å². The number of hydrogen-bond donors (Lipinski definition) is 0. The molecule has 0 fully saturated rings. The van der Waals surface area contributed by atoms with E-state index in [1.807, 2.05) is 6.07 Å². The van der Waals surface area contributed by atoms with Crippen LogP contribution in [0.25, 0.3) is 24.3 Å². The Balaban J connectivity index is 1.91. The van der Waals surface area contributed by atoms with E-state index in [4.69, 9.17) is 0 Å². The Morgan fingerprint density at radius 2 is 1.27 bits per heavy atom. The van der Waals surface area contributed by atoms with Gasteiger partial charge in [0, 0.05) is 24.8 Å². The van der Waals surface area contributed by atoms with Gasteiger partial charge in [-0.15, -0.1) is 0 Å². The predicted molar refractivity (Wildman–Crippen MR) is 97.8 cm³/mol. The zero-order chi connectivity index (χ0) is 18.4. The van der Waals surface area contributed by atoms with Crippen LogP contribution in [0.2, 0.25) is 0 Å². The topological polar surface area (TPSA) is 25.8 Å². The SMILES string of the molecule is FC(F)(F)c1cc(/C=C/c2cccnc2)ccc1/C=C/c1cccnc1. The monoisotopic (exact) mass is 352 g/mol. The molecule has 2 nitrogen and oxygen atoms in total. The van der Waals surface area contributed by atoms with Crippen LogP contribution in [-0.2, 0) is 6.18 Å². The maximum absolute atomic E-state index is 13.4. The largest absolute Gasteiger partial charge is 0.417 e. The molecule has 5 heteroatoms. The highest BCUT2D eigenvalue weighted by molar-refractivity contribution is 5.74. The fourth-order valence-electron chi connectivity index (χ4n) is 2.40. The highest BCUT2D eigenvalue weighted by atomic mass is 19.4. The lowest BCUT2D eigenvalue weighted by atomic mass is 10.0. The molecular formula is C21H15F3N2. The van der Waals surface area contributed by atoms with Gasteiger partial charge in [-0.1, -0.05) is 48.6 Å². The zero-order valence-electron chi connectivity index (χ0n) is 13.7. The summed E-state index contributed by atoms with van der Waals surface area (Å²) in [5, 5.41) is 0. The number of halogens is 3. The van der Waals surface area contributed by atoms with Crippen LogP contribution in [-0.4, -0.2) is 9.97 Å². The van der Waals surface area contributed by atoms with Crippen LogP contribution in [0, 0.1) is 0 Å². The molecular weight excluding hydrogens is 337 g/mol. The van der Waals surface area contributed by atoms with Crippen molar-refractivity contribution in [3.8, 4) is 0 Å². The Morgan fingerprint density at radius 3 is 1.81 bits per heavy atom. The summed E-state index contributed by atoms with van der Waals surface area (Å²) in [6.07, 6.45) is 8.49. The van der Waals surface area contributed by atoms with Crippen molar-refractivity contribution in [3.63, 3.8) is 0 Å². The van der Waals surface area contributed by atoms with Gasteiger partial charge >= 0.3 is 6.18 Å². The minimum absolute atomic E-state index is 0.111. The maximum atomic E-state index is 13.4. The number of hydrogen-bond acceptors (Lipinski definition) is 2. The second-order valence-electron chi connectivity index (χ2n) is 5.58. The first-order chi connectivity index (χ1) is 12.5. The van der Waals surface area contributed by atoms with E-state index in [-0.39, 0.29) is 5.56 Å². The Hall–Kier alpha value is -3.21. The third-order valence-electron chi connectivity index (χ3n) is 3.68. The van der Waals surface area contributed by atoms with Crippen molar-refractivity contribution in [2.24, 2.45) is 0 Å². The van der Waals surface area contributed by atoms with Gasteiger partial charge in [0.05, 0.1) is 5.56 Å². The third-order valence-corrected chi connectivity index (χ3v) is 3.68. The van der Waals surface area contributed by atoms with Gasteiger partial charge in [0.1, 0.15) is 0 Å². The lowest BCUT2D eigenvalue weighted by Crippen LogP contribution is -2.07. The summed E-state index contributed by atoms with van der Waals surface area (Å²) in [6.45, 7) is 0. The average Bonchev–Trinajstić information content (AvgIpc) is 2.66. The number of aromatic nitrogens is 2. The Labute approximate surface area is 149 Å². The fraction of sp³-hybridized carbons (Fsp3) is 0.0476. The summed E-state index contributed by atoms with van der Waals surface area (Å²) in [5.41, 5.74) is 1.47. The summed E-state index contributed by atoms with van der Waals surface area (Å²) in [6, 6.07) is 11.4.